The maximum atomic E-state index is 12.5. The van der Waals surface area contributed by atoms with Crippen LogP contribution in [0.5, 0.6) is 5.75 Å². The lowest BCUT2D eigenvalue weighted by molar-refractivity contribution is 0.466. The Balaban J connectivity index is 1.44. The monoisotopic (exact) mass is 889 g/mol. The molecule has 4 nitrogen and oxygen atoms in total. The predicted octanol–water partition coefficient (Wildman–Crippen LogP) is 17.7. The van der Waals surface area contributed by atoms with Gasteiger partial charge >= 0.3 is 0 Å². The van der Waals surface area contributed by atoms with Gasteiger partial charge in [-0.1, -0.05) is 183 Å². The van der Waals surface area contributed by atoms with E-state index in [4.69, 9.17) is 11.3 Å². The molecule has 344 valence electrons. The Morgan fingerprint density at radius 3 is 1.72 bits per heavy atom. The molecule has 8 rings (SSSR count). The molecule has 4 heteroatoms. The highest BCUT2D eigenvalue weighted by molar-refractivity contribution is 5.98. The van der Waals surface area contributed by atoms with Crippen LogP contribution in [0.3, 0.4) is 0 Å². The summed E-state index contributed by atoms with van der Waals surface area (Å²) in [6, 6.07) is 44.8. The summed E-state index contributed by atoms with van der Waals surface area (Å²) in [6.45, 7) is 31.1. The number of hydrogen-bond donors (Lipinski definition) is 1. The molecule has 0 aliphatic carbocycles. The third-order valence-corrected chi connectivity index (χ3v) is 13.3. The molecule has 0 radical (unpaired) electrons. The lowest BCUT2D eigenvalue weighted by Crippen LogP contribution is -2.12. The average molecular weight is 889 g/mol. The van der Waals surface area contributed by atoms with E-state index in [1.54, 1.807) is 13.8 Å². The van der Waals surface area contributed by atoms with Crippen LogP contribution in [-0.4, -0.2) is 19.6 Å². The summed E-state index contributed by atoms with van der Waals surface area (Å²) in [7, 11) is 0. The Bertz CT molecular complexity index is 3250. The molecule has 2 aromatic heterocycles. The summed E-state index contributed by atoms with van der Waals surface area (Å²) in [4.78, 5) is 10.6. The molecule has 0 bridgehead atoms. The van der Waals surface area contributed by atoms with Crippen LogP contribution in [0.15, 0.2) is 134 Å². The van der Waals surface area contributed by atoms with Crippen LogP contribution in [0.1, 0.15) is 159 Å². The Hall–Kier alpha value is -6.26. The Morgan fingerprint density at radius 1 is 0.493 bits per heavy atom. The minimum absolute atomic E-state index is 0.0190. The zero-order valence-corrected chi connectivity index (χ0v) is 42.5. The van der Waals surface area contributed by atoms with Gasteiger partial charge in [-0.3, -0.25) is 9.55 Å². The van der Waals surface area contributed by atoms with Gasteiger partial charge in [0.1, 0.15) is 11.6 Å². The Kier molecular flexibility index (Phi) is 11.5. The molecule has 0 saturated heterocycles. The molecule has 0 unspecified atom stereocenters. The smallest absolute Gasteiger partial charge is 0.149 e. The molecular formula is C63H71N3O. The largest absolute Gasteiger partial charge is 0.507 e. The summed E-state index contributed by atoms with van der Waals surface area (Å²) in [5.74, 6) is -2.39. The van der Waals surface area contributed by atoms with Crippen molar-refractivity contribution in [2.75, 3.05) is 0 Å². The lowest BCUT2D eigenvalue weighted by atomic mass is 9.83. The quantitative estimate of drug-likeness (QED) is 0.157. The highest BCUT2D eigenvalue weighted by Crippen LogP contribution is 2.45. The van der Waals surface area contributed by atoms with Gasteiger partial charge in [-0.25, -0.2) is 4.98 Å². The maximum Gasteiger partial charge on any atom is 0.149 e. The highest BCUT2D eigenvalue weighted by Gasteiger charge is 2.27. The van der Waals surface area contributed by atoms with E-state index in [1.165, 1.54) is 11.1 Å². The lowest BCUT2D eigenvalue weighted by Gasteiger charge is -2.24. The highest BCUT2D eigenvalue weighted by atomic mass is 16.3. The first-order valence-electron chi connectivity index (χ1n) is 25.3. The number of imidazole rings is 1. The van der Waals surface area contributed by atoms with Crippen LogP contribution in [0.25, 0.3) is 72.7 Å². The summed E-state index contributed by atoms with van der Waals surface area (Å²) >= 11 is 0. The number of aromatic nitrogens is 3. The van der Waals surface area contributed by atoms with Gasteiger partial charge in [-0.15, -0.1) is 0 Å². The summed E-state index contributed by atoms with van der Waals surface area (Å²) < 4.78 is 29.2. The van der Waals surface area contributed by atoms with Crippen molar-refractivity contribution in [1.82, 2.24) is 14.5 Å². The fraction of sp³-hybridized carbons (Fsp3) is 0.333. The van der Waals surface area contributed by atoms with Gasteiger partial charge in [0.2, 0.25) is 0 Å². The standard InChI is InChI=1S/C63H71N3O/c1-38(2)41-19-21-42(22-20-41)44-29-30-64-55(36-44)47-31-46(32-50(33-47)63(13,14)15)51-17-16-18-57-58(51)65-60(54-35-45(39(3)4)34-52(40(5)6)59(54)67)66(57)56-28-27-49(62(10,11)12)37-53(56)43-23-25-48(26-24-43)61(7,8)9/h16-40,67H,1-15H3/i38D,39D,40D. The van der Waals surface area contributed by atoms with Crippen LogP contribution in [0.2, 0.25) is 0 Å². The van der Waals surface area contributed by atoms with E-state index in [-0.39, 0.29) is 22.0 Å². The van der Waals surface area contributed by atoms with Crippen LogP contribution in [0.4, 0.5) is 0 Å². The molecule has 0 aliphatic heterocycles. The van der Waals surface area contributed by atoms with Crippen LogP contribution in [0, 0.1) is 0 Å². The molecule has 0 aliphatic rings. The number of nitrogens with zero attached hydrogens (tertiary/aromatic N) is 3. The van der Waals surface area contributed by atoms with Crippen molar-refractivity contribution in [3.8, 4) is 67.5 Å². The fourth-order valence-electron chi connectivity index (χ4n) is 8.94. The third kappa shape index (κ3) is 9.51. The first kappa shape index (κ1) is 43.3. The zero-order chi connectivity index (χ0) is 51.1. The normalized spacial score (nSPS) is 13.7. The number of phenolic OH excluding ortho intramolecular Hbond substituents is 1. The van der Waals surface area contributed by atoms with Gasteiger partial charge in [0.15, 0.2) is 0 Å². The summed E-state index contributed by atoms with van der Waals surface area (Å²) in [6.07, 6.45) is 1.87. The SMILES string of the molecule is [2H]C(C)(C)c1ccc(-c2ccnc(-c3cc(-c4cccc5c4nc(-c4cc(C([2H])(C)C)cc(C([2H])(C)C)c4O)n5-c4ccc(C(C)(C)C)cc4-c4ccc(C(C)(C)C)cc4)cc(C(C)(C)C)c3)c2)cc1. The average Bonchev–Trinajstić information content (AvgIpc) is 3.66. The number of fused-ring (bicyclic) bond motifs is 1. The molecular weight excluding hydrogens is 815 g/mol. The van der Waals surface area contributed by atoms with E-state index in [2.05, 4.69) is 164 Å². The number of rotatable bonds is 9. The molecule has 2 heterocycles. The Morgan fingerprint density at radius 2 is 1.10 bits per heavy atom. The van der Waals surface area contributed by atoms with Gasteiger partial charge in [-0.2, -0.15) is 0 Å². The van der Waals surface area contributed by atoms with E-state index in [0.29, 0.717) is 22.5 Å². The second-order valence-electron chi connectivity index (χ2n) is 22.2. The minimum atomic E-state index is -1.17. The fourth-order valence-corrected chi connectivity index (χ4v) is 8.94. The molecule has 1 N–H and O–H groups in total. The van der Waals surface area contributed by atoms with Gasteiger partial charge < -0.3 is 5.11 Å². The van der Waals surface area contributed by atoms with Crippen molar-refractivity contribution in [2.24, 2.45) is 0 Å². The number of aromatic hydroxyl groups is 1. The molecule has 6 aromatic carbocycles. The van der Waals surface area contributed by atoms with Crippen molar-refractivity contribution in [2.45, 2.75) is 138 Å². The second-order valence-corrected chi connectivity index (χ2v) is 22.2. The van der Waals surface area contributed by atoms with Crippen molar-refractivity contribution in [1.29, 1.82) is 0 Å². The molecule has 67 heavy (non-hydrogen) atoms. The van der Waals surface area contributed by atoms with Gasteiger partial charge in [-0.05, 0) is 138 Å². The number of pyridine rings is 1. The number of hydrogen-bond acceptors (Lipinski definition) is 3. The van der Waals surface area contributed by atoms with Gasteiger partial charge in [0.25, 0.3) is 0 Å². The van der Waals surface area contributed by atoms with Crippen LogP contribution >= 0.6 is 0 Å². The van der Waals surface area contributed by atoms with Crippen molar-refractivity contribution in [3.63, 3.8) is 0 Å². The van der Waals surface area contributed by atoms with E-state index in [1.807, 2.05) is 64.2 Å². The molecule has 0 saturated carbocycles. The predicted molar refractivity (Wildman–Crippen MR) is 286 cm³/mol. The summed E-state index contributed by atoms with van der Waals surface area (Å²) in [5, 5.41) is 12.5. The molecule has 0 spiro atoms. The number of phenols is 1. The third-order valence-electron chi connectivity index (χ3n) is 13.3. The van der Waals surface area contributed by atoms with Crippen LogP contribution in [-0.2, 0) is 16.2 Å². The van der Waals surface area contributed by atoms with E-state index < -0.39 is 17.7 Å². The van der Waals surface area contributed by atoms with Gasteiger partial charge in [0.05, 0.1) is 28.0 Å². The summed E-state index contributed by atoms with van der Waals surface area (Å²) in [5.41, 5.74) is 16.2. The van der Waals surface area contributed by atoms with Crippen molar-refractivity contribution in [3.05, 3.63) is 167 Å². The molecule has 0 amide bonds. The van der Waals surface area contributed by atoms with E-state index >= 15 is 0 Å². The second kappa shape index (κ2) is 17.8. The molecule has 0 fully saturated rings. The topological polar surface area (TPSA) is 50.9 Å². The van der Waals surface area contributed by atoms with E-state index in [0.717, 1.165) is 72.5 Å². The Labute approximate surface area is 405 Å². The first-order valence-corrected chi connectivity index (χ1v) is 23.8. The number of para-hydroxylation sites is 1. The molecule has 8 aromatic rings. The van der Waals surface area contributed by atoms with Gasteiger partial charge in [0, 0.05) is 27.0 Å². The zero-order valence-electron chi connectivity index (χ0n) is 45.5. The minimum Gasteiger partial charge on any atom is -0.507 e. The van der Waals surface area contributed by atoms with Crippen LogP contribution < -0.4 is 0 Å². The van der Waals surface area contributed by atoms with Crippen molar-refractivity contribution < 1.29 is 9.22 Å². The molecule has 0 atom stereocenters. The number of benzene rings is 6. The van der Waals surface area contributed by atoms with E-state index in [9.17, 15) is 7.85 Å². The maximum absolute atomic E-state index is 12.5. The first-order chi connectivity index (χ1) is 32.4. The van der Waals surface area contributed by atoms with Crippen molar-refractivity contribution >= 4 is 11.0 Å².